The van der Waals surface area contributed by atoms with Crippen molar-refractivity contribution in [1.29, 1.82) is 0 Å². The quantitative estimate of drug-likeness (QED) is 0.0689. The van der Waals surface area contributed by atoms with Crippen LogP contribution < -0.4 is 15.5 Å². The van der Waals surface area contributed by atoms with Gasteiger partial charge in [-0.25, -0.2) is 9.59 Å². The van der Waals surface area contributed by atoms with Crippen LogP contribution in [0.2, 0.25) is 0 Å². The summed E-state index contributed by atoms with van der Waals surface area (Å²) in [6.45, 7) is 24.6. The number of para-hydroxylation sites is 2. The van der Waals surface area contributed by atoms with Gasteiger partial charge in [0, 0.05) is 80.2 Å². The third kappa shape index (κ3) is 14.8. The number of anilines is 1. The zero-order valence-electron chi connectivity index (χ0n) is 41.4. The summed E-state index contributed by atoms with van der Waals surface area (Å²) < 4.78 is 13.7. The average molecular weight is 882 g/mol. The summed E-state index contributed by atoms with van der Waals surface area (Å²) in [6.07, 6.45) is 16.3. The zero-order valence-corrected chi connectivity index (χ0v) is 41.4. The second-order valence-corrected chi connectivity index (χ2v) is 20.3. The topological polar surface area (TPSA) is 106 Å². The third-order valence-corrected chi connectivity index (χ3v) is 11.9. The third-order valence-electron chi connectivity index (χ3n) is 11.9. The molecule has 0 aromatic heterocycles. The molecule has 0 fully saturated rings. The van der Waals surface area contributed by atoms with Gasteiger partial charge in [-0.1, -0.05) is 74.9 Å². The van der Waals surface area contributed by atoms with Crippen LogP contribution in [0.15, 0.2) is 84.6 Å². The van der Waals surface area contributed by atoms with Crippen molar-refractivity contribution in [2.45, 2.75) is 143 Å². The van der Waals surface area contributed by atoms with E-state index in [1.54, 1.807) is 9.80 Å². The molecule has 2 aromatic carbocycles. The first kappa shape index (κ1) is 51.7. The molecule has 2 aromatic rings. The van der Waals surface area contributed by atoms with Crippen molar-refractivity contribution in [2.24, 2.45) is 0 Å². The molecule has 2 aliphatic rings. The van der Waals surface area contributed by atoms with Crippen molar-refractivity contribution in [3.05, 3.63) is 95.7 Å². The Morgan fingerprint density at radius 2 is 1.25 bits per heavy atom. The molecule has 2 N–H and O–H groups in total. The van der Waals surface area contributed by atoms with Gasteiger partial charge in [-0.15, -0.1) is 0 Å². The van der Waals surface area contributed by atoms with E-state index in [4.69, 9.17) is 9.47 Å². The van der Waals surface area contributed by atoms with Gasteiger partial charge in [-0.2, -0.15) is 4.58 Å². The van der Waals surface area contributed by atoms with Crippen molar-refractivity contribution in [1.82, 2.24) is 20.4 Å². The van der Waals surface area contributed by atoms with Gasteiger partial charge in [0.1, 0.15) is 18.2 Å². The summed E-state index contributed by atoms with van der Waals surface area (Å²) in [4.78, 5) is 44.9. The van der Waals surface area contributed by atoms with E-state index in [0.717, 1.165) is 45.2 Å². The van der Waals surface area contributed by atoms with E-state index < -0.39 is 11.2 Å². The van der Waals surface area contributed by atoms with Crippen LogP contribution in [0.1, 0.15) is 132 Å². The molecule has 0 atom stereocenters. The fourth-order valence-electron chi connectivity index (χ4n) is 8.65. The van der Waals surface area contributed by atoms with Crippen LogP contribution in [0.3, 0.4) is 0 Å². The van der Waals surface area contributed by atoms with E-state index in [-0.39, 0.29) is 28.9 Å². The number of rotatable bonds is 22. The Balaban J connectivity index is 1.24. The number of amides is 3. The molecule has 352 valence electrons. The number of hydrogen-bond donors (Lipinski definition) is 2. The Morgan fingerprint density at radius 3 is 1.84 bits per heavy atom. The molecule has 11 heteroatoms. The number of allylic oxidation sites excluding steroid dienone is 6. The first-order valence-electron chi connectivity index (χ1n) is 23.7. The monoisotopic (exact) mass is 882 g/mol. The zero-order chi connectivity index (χ0) is 47.1. The number of carbonyl (C=O) groups is 3. The molecule has 2 aliphatic heterocycles. The lowest BCUT2D eigenvalue weighted by Gasteiger charge is -2.29. The number of ether oxygens (including phenoxy) is 2. The molecular weight excluding hydrogens is 801 g/mol. The van der Waals surface area contributed by atoms with E-state index in [2.05, 4.69) is 134 Å². The summed E-state index contributed by atoms with van der Waals surface area (Å²) in [5.74, 6) is 0.0324. The lowest BCUT2D eigenvalue weighted by atomic mass is 9.81. The van der Waals surface area contributed by atoms with Gasteiger partial charge in [-0.3, -0.25) is 4.79 Å². The second-order valence-electron chi connectivity index (χ2n) is 20.3. The minimum atomic E-state index is -0.622. The molecule has 0 bridgehead atoms. The summed E-state index contributed by atoms with van der Waals surface area (Å²) in [7, 11) is 4.04. The van der Waals surface area contributed by atoms with Crippen molar-refractivity contribution in [3.8, 4) is 0 Å². The van der Waals surface area contributed by atoms with E-state index >= 15 is 0 Å². The van der Waals surface area contributed by atoms with Crippen molar-refractivity contribution < 1.29 is 28.4 Å². The summed E-state index contributed by atoms with van der Waals surface area (Å²) in [6, 6.07) is 17.4. The molecular formula is C53H81N6O5+. The van der Waals surface area contributed by atoms with Crippen LogP contribution in [0, 0.1) is 0 Å². The Kier molecular flexibility index (Phi) is 18.9. The average Bonchev–Trinajstić information content (AvgIpc) is 3.55. The lowest BCUT2D eigenvalue weighted by Crippen LogP contribution is -2.40. The lowest BCUT2D eigenvalue weighted by molar-refractivity contribution is -0.401. The molecule has 0 saturated heterocycles. The minimum absolute atomic E-state index is 0.0324. The van der Waals surface area contributed by atoms with Crippen molar-refractivity contribution in [2.75, 3.05) is 64.8 Å². The molecule has 2 heterocycles. The predicted octanol–water partition coefficient (Wildman–Crippen LogP) is 10.4. The molecule has 0 saturated carbocycles. The van der Waals surface area contributed by atoms with Crippen LogP contribution >= 0.6 is 0 Å². The summed E-state index contributed by atoms with van der Waals surface area (Å²) in [5, 5.41) is 6.20. The van der Waals surface area contributed by atoms with Crippen molar-refractivity contribution >= 4 is 35.2 Å². The molecule has 64 heavy (non-hydrogen) atoms. The largest absolute Gasteiger partial charge is 0.444 e. The van der Waals surface area contributed by atoms with E-state index in [9.17, 15) is 14.4 Å². The van der Waals surface area contributed by atoms with Gasteiger partial charge in [-0.05, 0) is 125 Å². The molecule has 0 unspecified atom stereocenters. The standard InChI is InChI=1S/C53H80N6O5/c1-50(2,3)63-48(61)57(38-25-34-54-11)36-23-24-37-58(49(62)64-51(4,5)6)39-26-35-55-47(60)33-17-14-22-40-59-44-30-21-19-28-42(44)53(9,10)46(59)32-16-13-15-31-45-52(7,8)41-27-18-20-29-43(41)56(45)12/h13,15-16,18-21,27-32,54H,14,17,22-26,33-40H2,1-12H3/p+1. The van der Waals surface area contributed by atoms with Crippen LogP contribution in [0.25, 0.3) is 0 Å². The minimum Gasteiger partial charge on any atom is -0.444 e. The molecule has 0 radical (unpaired) electrons. The first-order valence-corrected chi connectivity index (χ1v) is 23.7. The van der Waals surface area contributed by atoms with Crippen LogP contribution in [0.4, 0.5) is 21.0 Å². The second kappa shape index (κ2) is 23.3. The van der Waals surface area contributed by atoms with Gasteiger partial charge >= 0.3 is 12.2 Å². The highest BCUT2D eigenvalue weighted by atomic mass is 16.6. The highest BCUT2D eigenvalue weighted by molar-refractivity contribution is 6.03. The Morgan fingerprint density at radius 1 is 0.688 bits per heavy atom. The highest BCUT2D eigenvalue weighted by Crippen LogP contribution is 2.47. The van der Waals surface area contributed by atoms with Gasteiger partial charge in [0.05, 0.1) is 5.41 Å². The number of nitrogens with one attached hydrogen (secondary N) is 2. The van der Waals surface area contributed by atoms with Crippen LogP contribution in [-0.4, -0.2) is 109 Å². The molecule has 4 rings (SSSR count). The molecule has 0 spiro atoms. The van der Waals surface area contributed by atoms with Gasteiger partial charge < -0.3 is 34.8 Å². The maximum atomic E-state index is 13.2. The van der Waals surface area contributed by atoms with E-state index in [0.29, 0.717) is 52.0 Å². The number of benzene rings is 2. The smallest absolute Gasteiger partial charge is 0.410 e. The predicted molar refractivity (Wildman–Crippen MR) is 263 cm³/mol. The van der Waals surface area contributed by atoms with Gasteiger partial charge in [0.25, 0.3) is 0 Å². The fourth-order valence-corrected chi connectivity index (χ4v) is 8.65. The SMILES string of the molecule is CNCCCN(CCCCN(CCCNC(=O)CCCCCN1/C(=C/C=C/C=C/C2=[N+](C)c3ccccc3C2(C)C)C(C)(C)c2ccccc21)C(=O)OC(C)(C)C)C(=O)OC(C)(C)C. The summed E-state index contributed by atoms with van der Waals surface area (Å²) >= 11 is 0. The Labute approximate surface area is 386 Å². The number of unbranched alkanes of at least 4 members (excludes halogenated alkanes) is 3. The Bertz CT molecular complexity index is 2000. The van der Waals surface area contributed by atoms with E-state index in [1.165, 1.54) is 33.9 Å². The van der Waals surface area contributed by atoms with E-state index in [1.807, 2.05) is 48.6 Å². The van der Waals surface area contributed by atoms with Crippen molar-refractivity contribution in [3.63, 3.8) is 0 Å². The molecule has 0 aliphatic carbocycles. The van der Waals surface area contributed by atoms with Crippen LogP contribution in [-0.2, 0) is 25.1 Å². The molecule has 11 nitrogen and oxygen atoms in total. The number of fused-ring (bicyclic) bond motifs is 2. The first-order chi connectivity index (χ1) is 30.2. The fraction of sp³-hybridized carbons (Fsp3) is 0.585. The number of hydrogen-bond acceptors (Lipinski definition) is 7. The normalized spacial score (nSPS) is 16.1. The van der Waals surface area contributed by atoms with Gasteiger partial charge in [0.2, 0.25) is 11.6 Å². The number of nitrogens with zero attached hydrogens (tertiary/aromatic N) is 4. The van der Waals surface area contributed by atoms with Crippen LogP contribution in [0.5, 0.6) is 0 Å². The summed E-state index contributed by atoms with van der Waals surface area (Å²) in [5.41, 5.74) is 6.37. The maximum Gasteiger partial charge on any atom is 0.410 e. The Hall–Kier alpha value is -4.90. The number of carbonyl (C=O) groups excluding carboxylic acids is 3. The molecule has 3 amide bonds. The highest BCUT2D eigenvalue weighted by Gasteiger charge is 2.42. The van der Waals surface area contributed by atoms with Gasteiger partial charge in [0.15, 0.2) is 5.71 Å². The maximum absolute atomic E-state index is 13.2.